The number of carbonyl (C=O) groups excluding carboxylic acids is 1. The predicted octanol–water partition coefficient (Wildman–Crippen LogP) is 2.19. The maximum atomic E-state index is 11.5. The molecule has 1 saturated carbocycles. The van der Waals surface area contributed by atoms with Gasteiger partial charge in [0.1, 0.15) is 5.52 Å². The van der Waals surface area contributed by atoms with E-state index < -0.39 is 0 Å². The number of hydrogen-bond donors (Lipinski definition) is 2. The number of nitrogens with zero attached hydrogens (tertiary/aromatic N) is 1. The predicted molar refractivity (Wildman–Crippen MR) is 70.8 cm³/mol. The second-order valence-electron chi connectivity index (χ2n) is 4.58. The molecular weight excluding hydrogens is 244 g/mol. The van der Waals surface area contributed by atoms with E-state index in [1.807, 2.05) is 6.07 Å². The molecule has 1 aliphatic carbocycles. The van der Waals surface area contributed by atoms with Crippen LogP contribution in [0.4, 0.5) is 5.69 Å². The smallest absolute Gasteiger partial charge is 0.248 e. The van der Waals surface area contributed by atoms with E-state index in [1.165, 1.54) is 12.2 Å². The lowest BCUT2D eigenvalue weighted by molar-refractivity contribution is -0.111. The zero-order chi connectivity index (χ0) is 13.2. The zero-order valence-electron chi connectivity index (χ0n) is 10.3. The first-order valence-corrected chi connectivity index (χ1v) is 6.25. The molecule has 98 valence electrons. The Bertz CT molecular complexity index is 641. The van der Waals surface area contributed by atoms with Gasteiger partial charge < -0.3 is 14.8 Å². The van der Waals surface area contributed by atoms with E-state index in [-0.39, 0.29) is 12.5 Å². The number of oxazole rings is 1. The van der Waals surface area contributed by atoms with Gasteiger partial charge in [0.2, 0.25) is 5.91 Å². The molecule has 1 aromatic carbocycles. The first-order chi connectivity index (χ1) is 9.26. The van der Waals surface area contributed by atoms with Crippen LogP contribution in [0.1, 0.15) is 24.7 Å². The molecule has 0 atom stereocenters. The molecule has 1 amide bonds. The molecule has 5 heteroatoms. The van der Waals surface area contributed by atoms with Crippen molar-refractivity contribution in [1.82, 2.24) is 4.98 Å². The monoisotopic (exact) mass is 258 g/mol. The van der Waals surface area contributed by atoms with Crippen molar-refractivity contribution < 1.29 is 14.3 Å². The molecule has 0 saturated heterocycles. The second kappa shape index (κ2) is 4.85. The molecule has 2 aromatic rings. The molecule has 0 unspecified atom stereocenters. The van der Waals surface area contributed by atoms with E-state index in [1.54, 1.807) is 12.1 Å². The summed E-state index contributed by atoms with van der Waals surface area (Å²) in [5.74, 6) is 0.979. The van der Waals surface area contributed by atoms with Gasteiger partial charge in [-0.15, -0.1) is 0 Å². The highest BCUT2D eigenvalue weighted by Gasteiger charge is 2.28. The largest absolute Gasteiger partial charge is 0.440 e. The third-order valence-corrected chi connectivity index (χ3v) is 2.97. The number of amides is 1. The Balaban J connectivity index is 1.80. The molecule has 1 heterocycles. The minimum atomic E-state index is -0.282. The van der Waals surface area contributed by atoms with E-state index in [0.29, 0.717) is 17.2 Å². The van der Waals surface area contributed by atoms with E-state index in [2.05, 4.69) is 10.3 Å². The normalized spacial score (nSPS) is 15.2. The summed E-state index contributed by atoms with van der Waals surface area (Å²) in [4.78, 5) is 15.9. The van der Waals surface area contributed by atoms with E-state index >= 15 is 0 Å². The summed E-state index contributed by atoms with van der Waals surface area (Å²) in [6, 6.07) is 5.38. The van der Waals surface area contributed by atoms with Crippen molar-refractivity contribution in [1.29, 1.82) is 0 Å². The quantitative estimate of drug-likeness (QED) is 0.824. The lowest BCUT2D eigenvalue weighted by Crippen LogP contribution is -2.07. The van der Waals surface area contributed by atoms with Gasteiger partial charge in [0, 0.05) is 23.7 Å². The third kappa shape index (κ3) is 2.66. The highest BCUT2D eigenvalue weighted by atomic mass is 16.3. The summed E-state index contributed by atoms with van der Waals surface area (Å²) in [6.45, 7) is -0.153. The summed E-state index contributed by atoms with van der Waals surface area (Å²) < 4.78 is 5.67. The van der Waals surface area contributed by atoms with Gasteiger partial charge in [0.05, 0.1) is 6.61 Å². The van der Waals surface area contributed by atoms with E-state index in [4.69, 9.17) is 9.52 Å². The first kappa shape index (κ1) is 11.9. The Morgan fingerprint density at radius 2 is 2.37 bits per heavy atom. The maximum Gasteiger partial charge on any atom is 0.248 e. The van der Waals surface area contributed by atoms with Gasteiger partial charge in [-0.25, -0.2) is 4.98 Å². The van der Waals surface area contributed by atoms with E-state index in [9.17, 15) is 4.79 Å². The van der Waals surface area contributed by atoms with Crippen LogP contribution < -0.4 is 5.32 Å². The van der Waals surface area contributed by atoms with Gasteiger partial charge in [-0.05, 0) is 25.0 Å². The van der Waals surface area contributed by atoms with Crippen LogP contribution in [-0.2, 0) is 4.79 Å². The number of rotatable bonds is 4. The van der Waals surface area contributed by atoms with Gasteiger partial charge >= 0.3 is 0 Å². The Labute approximate surface area is 109 Å². The standard InChI is InChI=1S/C14H14N2O3/c17-7-1-2-13(18)15-10-5-6-11-12(8-10)19-14(16-11)9-3-4-9/h1-2,5-6,8-9,17H,3-4,7H2,(H,15,18)/b2-1+. The van der Waals surface area contributed by atoms with Crippen LogP contribution in [0.25, 0.3) is 11.1 Å². The lowest BCUT2D eigenvalue weighted by atomic mass is 10.3. The van der Waals surface area contributed by atoms with Gasteiger partial charge in [-0.2, -0.15) is 0 Å². The minimum Gasteiger partial charge on any atom is -0.440 e. The highest BCUT2D eigenvalue weighted by molar-refractivity contribution is 6.00. The number of fused-ring (bicyclic) bond motifs is 1. The van der Waals surface area contributed by atoms with Crippen molar-refractivity contribution in [2.75, 3.05) is 11.9 Å². The SMILES string of the molecule is O=C(/C=C/CO)Nc1ccc2nc(C3CC3)oc2c1. The van der Waals surface area contributed by atoms with Crippen LogP contribution in [0, 0.1) is 0 Å². The van der Waals surface area contributed by atoms with Gasteiger partial charge in [-0.1, -0.05) is 6.08 Å². The minimum absolute atomic E-state index is 0.153. The fourth-order valence-electron chi connectivity index (χ4n) is 1.87. The molecule has 0 radical (unpaired) electrons. The molecule has 0 bridgehead atoms. The fraction of sp³-hybridized carbons (Fsp3) is 0.286. The van der Waals surface area contributed by atoms with Crippen molar-refractivity contribution in [3.05, 3.63) is 36.2 Å². The Kier molecular flexibility index (Phi) is 3.05. The van der Waals surface area contributed by atoms with Gasteiger partial charge in [0.25, 0.3) is 0 Å². The topological polar surface area (TPSA) is 75.4 Å². The molecule has 1 aromatic heterocycles. The van der Waals surface area contributed by atoms with Crippen LogP contribution in [0.5, 0.6) is 0 Å². The average molecular weight is 258 g/mol. The average Bonchev–Trinajstić information content (AvgIpc) is 3.16. The number of nitrogens with one attached hydrogen (secondary N) is 1. The molecule has 0 spiro atoms. The lowest BCUT2D eigenvalue weighted by Gasteiger charge is -2.00. The van der Waals surface area contributed by atoms with Gasteiger partial charge in [-0.3, -0.25) is 4.79 Å². The first-order valence-electron chi connectivity index (χ1n) is 6.25. The number of aromatic nitrogens is 1. The zero-order valence-corrected chi connectivity index (χ0v) is 10.3. The van der Waals surface area contributed by atoms with Crippen molar-refractivity contribution in [3.8, 4) is 0 Å². The fourth-order valence-corrected chi connectivity index (χ4v) is 1.87. The van der Waals surface area contributed by atoms with Gasteiger partial charge in [0.15, 0.2) is 11.5 Å². The summed E-state index contributed by atoms with van der Waals surface area (Å²) in [7, 11) is 0. The Morgan fingerprint density at radius 1 is 1.53 bits per heavy atom. The highest BCUT2D eigenvalue weighted by Crippen LogP contribution is 2.40. The van der Waals surface area contributed by atoms with E-state index in [0.717, 1.165) is 24.2 Å². The summed E-state index contributed by atoms with van der Waals surface area (Å²) >= 11 is 0. The molecule has 5 nitrogen and oxygen atoms in total. The number of carbonyl (C=O) groups is 1. The van der Waals surface area contributed by atoms with Crippen molar-refractivity contribution in [3.63, 3.8) is 0 Å². The summed E-state index contributed by atoms with van der Waals surface area (Å²) in [6.07, 6.45) is 4.96. The Hall–Kier alpha value is -2.14. The number of aliphatic hydroxyl groups is 1. The van der Waals surface area contributed by atoms with Crippen LogP contribution in [-0.4, -0.2) is 22.6 Å². The number of anilines is 1. The molecule has 1 aliphatic rings. The van der Waals surface area contributed by atoms with Crippen LogP contribution in [0.15, 0.2) is 34.8 Å². The molecule has 1 fully saturated rings. The van der Waals surface area contributed by atoms with Crippen LogP contribution in [0.2, 0.25) is 0 Å². The second-order valence-corrected chi connectivity index (χ2v) is 4.58. The molecule has 0 aliphatic heterocycles. The number of aliphatic hydroxyl groups excluding tert-OH is 1. The van der Waals surface area contributed by atoms with Crippen LogP contribution >= 0.6 is 0 Å². The molecular formula is C14H14N2O3. The molecule has 2 N–H and O–H groups in total. The molecule has 19 heavy (non-hydrogen) atoms. The molecule has 3 rings (SSSR count). The van der Waals surface area contributed by atoms with Crippen molar-refractivity contribution >= 4 is 22.7 Å². The number of hydrogen-bond acceptors (Lipinski definition) is 4. The van der Waals surface area contributed by atoms with Crippen molar-refractivity contribution in [2.45, 2.75) is 18.8 Å². The van der Waals surface area contributed by atoms with Crippen LogP contribution in [0.3, 0.4) is 0 Å². The maximum absolute atomic E-state index is 11.5. The number of benzene rings is 1. The summed E-state index contributed by atoms with van der Waals surface area (Å²) in [5.41, 5.74) is 2.15. The summed E-state index contributed by atoms with van der Waals surface area (Å²) in [5, 5.41) is 11.3. The van der Waals surface area contributed by atoms with Crippen molar-refractivity contribution in [2.24, 2.45) is 0 Å². The Morgan fingerprint density at radius 3 is 3.11 bits per heavy atom. The third-order valence-electron chi connectivity index (χ3n) is 2.97.